The number of amides is 1. The van der Waals surface area contributed by atoms with Crippen molar-refractivity contribution in [3.8, 4) is 11.3 Å². The third kappa shape index (κ3) is 5.36. The average molecular weight is 524 g/mol. The Kier molecular flexibility index (Phi) is 7.35. The fraction of sp³-hybridized carbons (Fsp3) is 0.281. The largest absolute Gasteiger partial charge is 0.455 e. The molecule has 0 bridgehead atoms. The van der Waals surface area contributed by atoms with Gasteiger partial charge in [0.2, 0.25) is 5.91 Å². The molecule has 7 heteroatoms. The van der Waals surface area contributed by atoms with Gasteiger partial charge in [-0.15, -0.1) is 0 Å². The highest BCUT2D eigenvalue weighted by molar-refractivity contribution is 5.86. The van der Waals surface area contributed by atoms with Crippen molar-refractivity contribution in [1.82, 2.24) is 9.80 Å². The summed E-state index contributed by atoms with van der Waals surface area (Å²) in [6.45, 7) is 8.44. The summed E-state index contributed by atoms with van der Waals surface area (Å²) < 4.78 is 6.51. The lowest BCUT2D eigenvalue weighted by atomic mass is 9.98. The lowest BCUT2D eigenvalue weighted by Crippen LogP contribution is -2.47. The summed E-state index contributed by atoms with van der Waals surface area (Å²) in [7, 11) is 1.84. The number of aryl methyl sites for hydroxylation is 1. The summed E-state index contributed by atoms with van der Waals surface area (Å²) in [5.41, 5.74) is 6.06. The molecule has 7 nitrogen and oxygen atoms in total. The zero-order valence-corrected chi connectivity index (χ0v) is 22.8. The molecule has 200 valence electrons. The SMILES string of the molecule is Cc1cc(C(C)Nc2ccccc2C=O)c2oc(-c3ccc(CN4CCN(C)C(=O)C4)cc3)c(C)c(=O)c2c1. The number of fused-ring (bicyclic) bond motifs is 1. The van der Waals surface area contributed by atoms with Gasteiger partial charge in [0.15, 0.2) is 11.7 Å². The van der Waals surface area contributed by atoms with Gasteiger partial charge in [-0.05, 0) is 50.1 Å². The topological polar surface area (TPSA) is 82.9 Å². The van der Waals surface area contributed by atoms with Gasteiger partial charge in [-0.25, -0.2) is 0 Å². The standard InChI is InChI=1S/C32H33N3O4/c1-20-15-26(22(3)33-28-8-6-5-7-25(28)19-36)32-27(16-20)30(38)21(2)31(39-32)24-11-9-23(10-12-24)17-35-14-13-34(4)29(37)18-35/h5-12,15-16,19,22,33H,13-14,17-18H2,1-4H3. The van der Waals surface area contributed by atoms with Gasteiger partial charge in [-0.3, -0.25) is 19.3 Å². The molecule has 1 unspecified atom stereocenters. The number of piperazine rings is 1. The normalized spacial score (nSPS) is 15.0. The lowest BCUT2D eigenvalue weighted by Gasteiger charge is -2.31. The molecule has 39 heavy (non-hydrogen) atoms. The number of aldehydes is 1. The molecule has 1 fully saturated rings. The van der Waals surface area contributed by atoms with Crippen LogP contribution < -0.4 is 10.7 Å². The van der Waals surface area contributed by atoms with Gasteiger partial charge in [-0.2, -0.15) is 0 Å². The number of benzene rings is 3. The molecule has 3 aromatic carbocycles. The predicted octanol–water partition coefficient (Wildman–Crippen LogP) is 5.34. The third-order valence-corrected chi connectivity index (χ3v) is 7.48. The van der Waals surface area contributed by atoms with Crippen LogP contribution in [0.1, 0.15) is 45.6 Å². The molecule has 0 saturated carbocycles. The van der Waals surface area contributed by atoms with Gasteiger partial charge in [0.05, 0.1) is 18.0 Å². The first-order chi connectivity index (χ1) is 18.7. The summed E-state index contributed by atoms with van der Waals surface area (Å²) in [6, 6.07) is 19.0. The molecule has 1 saturated heterocycles. The molecular weight excluding hydrogens is 490 g/mol. The molecule has 1 aromatic heterocycles. The Morgan fingerprint density at radius 2 is 1.77 bits per heavy atom. The van der Waals surface area contributed by atoms with E-state index in [1.807, 2.05) is 75.5 Å². The Hall–Kier alpha value is -4.23. The van der Waals surface area contributed by atoms with Crippen molar-refractivity contribution in [2.45, 2.75) is 33.4 Å². The van der Waals surface area contributed by atoms with E-state index < -0.39 is 0 Å². The van der Waals surface area contributed by atoms with E-state index in [2.05, 4.69) is 10.2 Å². The van der Waals surface area contributed by atoms with Crippen LogP contribution in [0.5, 0.6) is 0 Å². The van der Waals surface area contributed by atoms with Gasteiger partial charge in [0.1, 0.15) is 11.3 Å². The van der Waals surface area contributed by atoms with Gasteiger partial charge < -0.3 is 14.6 Å². The first kappa shape index (κ1) is 26.4. The second-order valence-corrected chi connectivity index (χ2v) is 10.4. The molecule has 5 rings (SSSR count). The van der Waals surface area contributed by atoms with Crippen molar-refractivity contribution in [3.05, 3.63) is 98.7 Å². The Balaban J connectivity index is 1.49. The Morgan fingerprint density at radius 3 is 2.49 bits per heavy atom. The number of rotatable bonds is 7. The van der Waals surface area contributed by atoms with Crippen molar-refractivity contribution in [2.75, 3.05) is 32.0 Å². The molecule has 0 radical (unpaired) electrons. The first-order valence-corrected chi connectivity index (χ1v) is 13.2. The third-order valence-electron chi connectivity index (χ3n) is 7.48. The van der Waals surface area contributed by atoms with Gasteiger partial charge in [-0.1, -0.05) is 42.5 Å². The van der Waals surface area contributed by atoms with E-state index in [4.69, 9.17) is 4.42 Å². The van der Waals surface area contributed by atoms with Crippen molar-refractivity contribution in [1.29, 1.82) is 0 Å². The van der Waals surface area contributed by atoms with Crippen molar-refractivity contribution in [2.24, 2.45) is 0 Å². The molecule has 1 amide bonds. The van der Waals surface area contributed by atoms with Crippen LogP contribution in [-0.2, 0) is 11.3 Å². The number of carbonyl (C=O) groups is 2. The summed E-state index contributed by atoms with van der Waals surface area (Å²) in [5.74, 6) is 0.676. The summed E-state index contributed by atoms with van der Waals surface area (Å²) >= 11 is 0. The summed E-state index contributed by atoms with van der Waals surface area (Å²) in [4.78, 5) is 41.0. The summed E-state index contributed by atoms with van der Waals surface area (Å²) in [6.07, 6.45) is 0.830. The molecule has 1 aliphatic heterocycles. The lowest BCUT2D eigenvalue weighted by molar-refractivity contribution is -0.134. The highest BCUT2D eigenvalue weighted by Gasteiger charge is 2.22. The van der Waals surface area contributed by atoms with Gasteiger partial charge in [0, 0.05) is 54.6 Å². The molecule has 2 heterocycles. The molecule has 4 aromatic rings. The minimum Gasteiger partial charge on any atom is -0.455 e. The van der Waals surface area contributed by atoms with Crippen LogP contribution in [0.3, 0.4) is 0 Å². The van der Waals surface area contributed by atoms with Crippen LogP contribution in [0.25, 0.3) is 22.3 Å². The van der Waals surface area contributed by atoms with E-state index in [1.165, 1.54) is 0 Å². The van der Waals surface area contributed by atoms with E-state index in [-0.39, 0.29) is 17.4 Å². The number of likely N-dealkylation sites (N-methyl/N-ethyl adjacent to an activating group) is 1. The summed E-state index contributed by atoms with van der Waals surface area (Å²) in [5, 5.41) is 3.96. The van der Waals surface area contributed by atoms with E-state index >= 15 is 0 Å². The van der Waals surface area contributed by atoms with Crippen LogP contribution in [0.2, 0.25) is 0 Å². The maximum Gasteiger partial charge on any atom is 0.236 e. The quantitative estimate of drug-likeness (QED) is 0.330. The minimum absolute atomic E-state index is 0.0586. The number of para-hydroxylation sites is 1. The van der Waals surface area contributed by atoms with Crippen molar-refractivity contribution < 1.29 is 14.0 Å². The fourth-order valence-corrected chi connectivity index (χ4v) is 5.17. The molecule has 0 aliphatic carbocycles. The van der Waals surface area contributed by atoms with Crippen molar-refractivity contribution in [3.63, 3.8) is 0 Å². The Morgan fingerprint density at radius 1 is 1.03 bits per heavy atom. The van der Waals surface area contributed by atoms with Crippen LogP contribution in [-0.4, -0.2) is 48.7 Å². The van der Waals surface area contributed by atoms with E-state index in [9.17, 15) is 14.4 Å². The van der Waals surface area contributed by atoms with Gasteiger partial charge in [0.25, 0.3) is 0 Å². The average Bonchev–Trinajstić information content (AvgIpc) is 2.93. The Labute approximate surface area is 228 Å². The predicted molar refractivity (Wildman–Crippen MR) is 154 cm³/mol. The number of nitrogens with zero attached hydrogens (tertiary/aromatic N) is 2. The number of carbonyl (C=O) groups excluding carboxylic acids is 2. The van der Waals surface area contributed by atoms with Crippen LogP contribution >= 0.6 is 0 Å². The fourth-order valence-electron chi connectivity index (χ4n) is 5.17. The number of hydrogen-bond acceptors (Lipinski definition) is 6. The highest BCUT2D eigenvalue weighted by atomic mass is 16.3. The number of nitrogens with one attached hydrogen (secondary N) is 1. The molecule has 0 spiro atoms. The zero-order valence-electron chi connectivity index (χ0n) is 22.8. The maximum absolute atomic E-state index is 13.5. The second kappa shape index (κ2) is 10.9. The maximum atomic E-state index is 13.5. The molecule has 1 N–H and O–H groups in total. The van der Waals surface area contributed by atoms with Crippen LogP contribution in [0, 0.1) is 13.8 Å². The zero-order chi connectivity index (χ0) is 27.7. The highest BCUT2D eigenvalue weighted by Crippen LogP contribution is 2.32. The Bertz CT molecular complexity index is 1610. The minimum atomic E-state index is -0.221. The van der Waals surface area contributed by atoms with E-state index in [0.717, 1.165) is 47.3 Å². The number of anilines is 1. The van der Waals surface area contributed by atoms with Crippen LogP contribution in [0.4, 0.5) is 5.69 Å². The van der Waals surface area contributed by atoms with Crippen LogP contribution in [0.15, 0.2) is 69.9 Å². The second-order valence-electron chi connectivity index (χ2n) is 10.4. The van der Waals surface area contributed by atoms with Gasteiger partial charge >= 0.3 is 0 Å². The molecule has 1 aliphatic rings. The van der Waals surface area contributed by atoms with Crippen molar-refractivity contribution >= 4 is 28.8 Å². The first-order valence-electron chi connectivity index (χ1n) is 13.2. The number of hydrogen-bond donors (Lipinski definition) is 1. The molecule has 1 atom stereocenters. The van der Waals surface area contributed by atoms with E-state index in [0.29, 0.717) is 40.9 Å². The monoisotopic (exact) mass is 523 g/mol. The van der Waals surface area contributed by atoms with E-state index in [1.54, 1.807) is 17.9 Å². The molecular formula is C32H33N3O4. The smallest absolute Gasteiger partial charge is 0.236 e.